The van der Waals surface area contributed by atoms with Gasteiger partial charge in [0.15, 0.2) is 0 Å². The Morgan fingerprint density at radius 2 is 0.867 bits per heavy atom. The molecule has 0 aromatic carbocycles. The summed E-state index contributed by atoms with van der Waals surface area (Å²) in [6, 6.07) is -0.894. The highest BCUT2D eigenvalue weighted by molar-refractivity contribution is 7.47. The number of quaternary nitrogens is 1. The molecule has 432 valence electrons. The normalized spacial score (nSPS) is 14.4. The molecule has 0 aliphatic rings. The highest BCUT2D eigenvalue weighted by Gasteiger charge is 2.30. The summed E-state index contributed by atoms with van der Waals surface area (Å²) in [4.78, 5) is 37.6. The molecule has 0 aliphatic carbocycles. The number of carbonyl (C=O) groups excluding carboxylic acids is 2. The lowest BCUT2D eigenvalue weighted by atomic mass is 10.1. The number of phosphoric ester groups is 1. The van der Waals surface area contributed by atoms with Crippen LogP contribution in [0.2, 0.25) is 0 Å². The molecule has 2 N–H and O–H groups in total. The predicted octanol–water partition coefficient (Wildman–Crippen LogP) is 18.8. The molecule has 0 fully saturated rings. The van der Waals surface area contributed by atoms with Crippen LogP contribution in [-0.2, 0) is 27.9 Å². The summed E-state index contributed by atoms with van der Waals surface area (Å²) < 4.78 is 30.6. The van der Waals surface area contributed by atoms with Gasteiger partial charge in [0.2, 0.25) is 5.91 Å². The predicted molar refractivity (Wildman–Crippen MR) is 323 cm³/mol. The first-order chi connectivity index (χ1) is 36.4. The topological polar surface area (TPSA) is 111 Å². The van der Waals surface area contributed by atoms with Gasteiger partial charge in [-0.25, -0.2) is 4.57 Å². The molecule has 3 atom stereocenters. The molecule has 0 bridgehead atoms. The average molecular weight is 1070 g/mol. The van der Waals surface area contributed by atoms with Crippen LogP contribution in [0.5, 0.6) is 0 Å². The Morgan fingerprint density at radius 1 is 0.480 bits per heavy atom. The summed E-state index contributed by atoms with van der Waals surface area (Å²) >= 11 is 0. The molecule has 9 nitrogen and oxygen atoms in total. The summed E-state index contributed by atoms with van der Waals surface area (Å²) in [5.74, 6) is -0.608. The number of rotatable bonds is 54. The third-order valence-corrected chi connectivity index (χ3v) is 14.0. The van der Waals surface area contributed by atoms with Gasteiger partial charge < -0.3 is 19.4 Å². The van der Waals surface area contributed by atoms with Gasteiger partial charge in [-0.2, -0.15) is 0 Å². The lowest BCUT2D eigenvalue weighted by molar-refractivity contribution is -0.870. The molecule has 3 unspecified atom stereocenters. The number of likely N-dealkylation sites (N-methyl/N-ethyl adjacent to an activating group) is 1. The summed E-state index contributed by atoms with van der Waals surface area (Å²) in [6.45, 7) is 6.82. The molecule has 1 amide bonds. The SMILES string of the molecule is CC/C=C\C/C=C\C/C=C\C/C=C\C/C=C\C/C=C\CCC(=O)NC(COP(=O)(O)OCC[N+](C)(C)C)C(/C=C/CCCCCCCCCCC)OC(=O)CCCCCCCCCCC/C=C/CCCCCCCC. The molecule has 0 heterocycles. The smallest absolute Gasteiger partial charge is 0.456 e. The van der Waals surface area contributed by atoms with Gasteiger partial charge in [0, 0.05) is 12.8 Å². The van der Waals surface area contributed by atoms with Crippen molar-refractivity contribution in [3.8, 4) is 0 Å². The summed E-state index contributed by atoms with van der Waals surface area (Å²) in [7, 11) is 1.44. The number of nitrogens with zero attached hydrogens (tertiary/aromatic N) is 1. The second-order valence-electron chi connectivity index (χ2n) is 21.5. The average Bonchev–Trinajstić information content (AvgIpc) is 3.37. The minimum absolute atomic E-state index is 0.0224. The Balaban J connectivity index is 5.35. The third-order valence-electron chi connectivity index (χ3n) is 13.0. The van der Waals surface area contributed by atoms with E-state index in [9.17, 15) is 19.0 Å². The van der Waals surface area contributed by atoms with Crippen molar-refractivity contribution >= 4 is 19.7 Å². The molecule has 0 rings (SSSR count). The lowest BCUT2D eigenvalue weighted by Gasteiger charge is -2.27. The summed E-state index contributed by atoms with van der Waals surface area (Å²) in [5, 5.41) is 3.00. The Labute approximate surface area is 462 Å². The number of allylic oxidation sites excluding steroid dienone is 15. The summed E-state index contributed by atoms with van der Waals surface area (Å²) in [5.41, 5.74) is 0. The molecule has 0 aromatic rings. The maximum Gasteiger partial charge on any atom is 0.472 e. The minimum Gasteiger partial charge on any atom is -0.456 e. The second kappa shape index (κ2) is 54.3. The number of amides is 1. The van der Waals surface area contributed by atoms with E-state index < -0.39 is 20.0 Å². The van der Waals surface area contributed by atoms with E-state index in [0.29, 0.717) is 17.4 Å². The van der Waals surface area contributed by atoms with E-state index in [1.165, 1.54) is 135 Å². The van der Waals surface area contributed by atoms with E-state index in [-0.39, 0.29) is 37.9 Å². The van der Waals surface area contributed by atoms with Gasteiger partial charge >= 0.3 is 13.8 Å². The highest BCUT2D eigenvalue weighted by atomic mass is 31.2. The quantitative estimate of drug-likeness (QED) is 0.0205. The fourth-order valence-electron chi connectivity index (χ4n) is 8.31. The molecule has 0 aliphatic heterocycles. The van der Waals surface area contributed by atoms with E-state index in [0.717, 1.165) is 77.0 Å². The number of hydrogen-bond donors (Lipinski definition) is 2. The first-order valence-corrected chi connectivity index (χ1v) is 32.1. The van der Waals surface area contributed by atoms with Crippen molar-refractivity contribution in [3.63, 3.8) is 0 Å². The van der Waals surface area contributed by atoms with Crippen molar-refractivity contribution in [3.05, 3.63) is 97.2 Å². The molecule has 0 aromatic heterocycles. The molecule has 0 spiro atoms. The first-order valence-electron chi connectivity index (χ1n) is 30.6. The lowest BCUT2D eigenvalue weighted by Crippen LogP contribution is -2.47. The maximum absolute atomic E-state index is 13.5. The van der Waals surface area contributed by atoms with Crippen LogP contribution in [0.15, 0.2) is 97.2 Å². The zero-order chi connectivity index (χ0) is 55.0. The van der Waals surface area contributed by atoms with Gasteiger partial charge in [-0.1, -0.05) is 240 Å². The van der Waals surface area contributed by atoms with Gasteiger partial charge in [-0.05, 0) is 96.0 Å². The second-order valence-corrected chi connectivity index (χ2v) is 22.9. The summed E-state index contributed by atoms with van der Waals surface area (Å²) in [6.07, 6.45) is 72.8. The molecule has 0 radical (unpaired) electrons. The van der Waals surface area contributed by atoms with Gasteiger partial charge in [0.1, 0.15) is 19.3 Å². The molecular weight excluding hydrogens is 952 g/mol. The van der Waals surface area contributed by atoms with E-state index in [2.05, 4.69) is 105 Å². The molecule has 75 heavy (non-hydrogen) atoms. The van der Waals surface area contributed by atoms with Crippen LogP contribution in [0.1, 0.15) is 252 Å². The van der Waals surface area contributed by atoms with Crippen molar-refractivity contribution in [2.75, 3.05) is 40.9 Å². The number of nitrogens with one attached hydrogen (secondary N) is 1. The van der Waals surface area contributed by atoms with Crippen LogP contribution in [0, 0.1) is 0 Å². The van der Waals surface area contributed by atoms with Crippen molar-refractivity contribution in [2.24, 2.45) is 0 Å². The number of phosphoric acid groups is 1. The van der Waals surface area contributed by atoms with Gasteiger partial charge in [0.05, 0.1) is 33.8 Å². The van der Waals surface area contributed by atoms with Crippen molar-refractivity contribution in [2.45, 2.75) is 264 Å². The van der Waals surface area contributed by atoms with E-state index in [1.807, 2.05) is 39.4 Å². The van der Waals surface area contributed by atoms with E-state index in [1.54, 1.807) is 0 Å². The standard InChI is InChI=1S/C65H115N2O7P/c1-7-10-13-16-19-22-25-27-29-31-33-35-37-39-42-45-48-51-54-57-64(68)66-62(61-73-75(70,71)72-60-59-67(4,5)6)63(56-53-50-47-44-41-24-21-18-15-12-9-3)74-65(69)58-55-52-49-46-43-40-38-36-34-32-30-28-26-23-20-17-14-11-8-2/h10,13,19,22,27-30,33,35,39,42,48,51,53,56,62-63H,7-9,11-12,14-18,20-21,23-26,31-32,34,36-38,40-41,43-47,49-50,52,54-55,57-61H2,1-6H3,(H-,66,68,70,71)/p+1/b13-10-,22-19-,29-27-,30-28+,35-33-,42-39-,51-48-,56-53+. The van der Waals surface area contributed by atoms with E-state index in [4.69, 9.17) is 13.8 Å². The first kappa shape index (κ1) is 71.9. The van der Waals surface area contributed by atoms with Crippen molar-refractivity contribution in [1.29, 1.82) is 0 Å². The van der Waals surface area contributed by atoms with Crippen LogP contribution in [0.25, 0.3) is 0 Å². The van der Waals surface area contributed by atoms with Gasteiger partial charge in [-0.15, -0.1) is 0 Å². The van der Waals surface area contributed by atoms with Gasteiger partial charge in [-0.3, -0.25) is 18.6 Å². The fourth-order valence-corrected chi connectivity index (χ4v) is 9.05. The maximum atomic E-state index is 13.5. The largest absolute Gasteiger partial charge is 0.472 e. The van der Waals surface area contributed by atoms with Crippen molar-refractivity contribution in [1.82, 2.24) is 5.32 Å². The third kappa shape index (κ3) is 55.5. The molecule has 0 saturated carbocycles. The Morgan fingerprint density at radius 3 is 1.31 bits per heavy atom. The monoisotopic (exact) mass is 1070 g/mol. The number of esters is 1. The fraction of sp³-hybridized carbons (Fsp3) is 0.723. The zero-order valence-corrected chi connectivity index (χ0v) is 50.2. The van der Waals surface area contributed by atoms with Gasteiger partial charge in [0.25, 0.3) is 0 Å². The Bertz CT molecular complexity index is 1610. The van der Waals surface area contributed by atoms with Crippen LogP contribution >= 0.6 is 7.82 Å². The number of carbonyl (C=O) groups is 2. The van der Waals surface area contributed by atoms with Crippen LogP contribution < -0.4 is 5.32 Å². The van der Waals surface area contributed by atoms with Crippen molar-refractivity contribution < 1.29 is 37.3 Å². The van der Waals surface area contributed by atoms with E-state index >= 15 is 0 Å². The van der Waals surface area contributed by atoms with Crippen LogP contribution in [0.4, 0.5) is 0 Å². The highest BCUT2D eigenvalue weighted by Crippen LogP contribution is 2.43. The molecule has 0 saturated heterocycles. The Kier molecular flexibility index (Phi) is 52.1. The molecular formula is C65H116N2O7P+. The van der Waals surface area contributed by atoms with Crippen LogP contribution in [0.3, 0.4) is 0 Å². The number of ether oxygens (including phenoxy) is 1. The molecule has 10 heteroatoms. The Hall–Kier alpha value is -3.07. The minimum atomic E-state index is -4.47. The zero-order valence-electron chi connectivity index (χ0n) is 49.3. The number of hydrogen-bond acceptors (Lipinski definition) is 6. The van der Waals surface area contributed by atoms with Crippen LogP contribution in [-0.4, -0.2) is 74.3 Å². The number of unbranched alkanes of at least 4 members (excludes halogenated alkanes) is 24.